The van der Waals surface area contributed by atoms with Gasteiger partial charge in [0.2, 0.25) is 0 Å². The second-order valence-corrected chi connectivity index (χ2v) is 4.88. The van der Waals surface area contributed by atoms with Crippen LogP contribution in [0.15, 0.2) is 24.3 Å². The minimum Gasteiger partial charge on any atom is -0.374 e. The summed E-state index contributed by atoms with van der Waals surface area (Å²) in [6, 6.07) is 7.92. The van der Waals surface area contributed by atoms with Crippen molar-refractivity contribution in [2.75, 3.05) is 33.3 Å². The molecule has 0 unspecified atom stereocenters. The summed E-state index contributed by atoms with van der Waals surface area (Å²) in [4.78, 5) is 2.30. The average Bonchev–Trinajstić information content (AvgIpc) is 2.32. The molecule has 0 spiro atoms. The Balaban J connectivity index is 1.74. The molecule has 1 atom stereocenters. The Kier molecular flexibility index (Phi) is 4.80. The first-order valence-electron chi connectivity index (χ1n) is 6.00. The number of halogens is 1. The van der Waals surface area contributed by atoms with Crippen molar-refractivity contribution < 1.29 is 4.74 Å². The molecule has 1 fully saturated rings. The van der Waals surface area contributed by atoms with E-state index in [1.54, 1.807) is 0 Å². The van der Waals surface area contributed by atoms with Crippen LogP contribution in [0.1, 0.15) is 5.56 Å². The molecule has 0 amide bonds. The first kappa shape index (κ1) is 12.8. The topological polar surface area (TPSA) is 24.5 Å². The minimum absolute atomic E-state index is 0.288. The summed E-state index contributed by atoms with van der Waals surface area (Å²) in [5, 5.41) is 4.22. The molecule has 1 aliphatic rings. The first-order valence-corrected chi connectivity index (χ1v) is 6.38. The van der Waals surface area contributed by atoms with Crippen molar-refractivity contribution in [1.82, 2.24) is 10.2 Å². The van der Waals surface area contributed by atoms with E-state index >= 15 is 0 Å². The van der Waals surface area contributed by atoms with E-state index in [2.05, 4.69) is 17.3 Å². The summed E-state index contributed by atoms with van der Waals surface area (Å²) in [6.07, 6.45) is 0.288. The predicted molar refractivity (Wildman–Crippen MR) is 70.4 cm³/mol. The van der Waals surface area contributed by atoms with Gasteiger partial charge >= 0.3 is 0 Å². The van der Waals surface area contributed by atoms with Gasteiger partial charge in [-0.1, -0.05) is 29.8 Å². The van der Waals surface area contributed by atoms with Gasteiger partial charge < -0.3 is 15.0 Å². The summed E-state index contributed by atoms with van der Waals surface area (Å²) < 4.78 is 5.68. The first-order chi connectivity index (χ1) is 8.25. The van der Waals surface area contributed by atoms with E-state index in [1.807, 2.05) is 24.3 Å². The summed E-state index contributed by atoms with van der Waals surface area (Å²) >= 11 is 6.09. The number of hydrogen-bond acceptors (Lipinski definition) is 3. The minimum atomic E-state index is 0.288. The highest BCUT2D eigenvalue weighted by atomic mass is 35.5. The van der Waals surface area contributed by atoms with E-state index < -0.39 is 0 Å². The third-order valence-electron chi connectivity index (χ3n) is 2.99. The molecule has 3 nitrogen and oxygen atoms in total. The van der Waals surface area contributed by atoms with E-state index in [0.717, 1.165) is 43.4 Å². The number of hydrogen-bond donors (Lipinski definition) is 1. The fraction of sp³-hybridized carbons (Fsp3) is 0.538. The highest BCUT2D eigenvalue weighted by Gasteiger charge is 2.16. The quantitative estimate of drug-likeness (QED) is 0.886. The van der Waals surface area contributed by atoms with Gasteiger partial charge in [0.15, 0.2) is 0 Å². The molecule has 4 heteroatoms. The smallest absolute Gasteiger partial charge is 0.0826 e. The second kappa shape index (κ2) is 6.36. The molecular weight excluding hydrogens is 236 g/mol. The maximum atomic E-state index is 6.09. The van der Waals surface area contributed by atoms with Gasteiger partial charge in [0.05, 0.1) is 12.7 Å². The van der Waals surface area contributed by atoms with E-state index in [9.17, 15) is 0 Å². The lowest BCUT2D eigenvalue weighted by Gasteiger charge is -2.30. The third-order valence-corrected chi connectivity index (χ3v) is 3.36. The normalized spacial score (nSPS) is 21.6. The Bertz CT molecular complexity index is 359. The SMILES string of the molecule is CN1CCO[C@@H](CNCc2ccccc2Cl)C1. The third kappa shape index (κ3) is 3.96. The van der Waals surface area contributed by atoms with Crippen LogP contribution in [-0.4, -0.2) is 44.3 Å². The molecule has 0 bridgehead atoms. The van der Waals surface area contributed by atoms with Crippen molar-refractivity contribution in [2.45, 2.75) is 12.6 Å². The molecule has 17 heavy (non-hydrogen) atoms. The summed E-state index contributed by atoms with van der Waals surface area (Å²) in [5.74, 6) is 0. The lowest BCUT2D eigenvalue weighted by molar-refractivity contribution is -0.0182. The Morgan fingerprint density at radius 3 is 3.06 bits per heavy atom. The Morgan fingerprint density at radius 1 is 1.47 bits per heavy atom. The summed E-state index contributed by atoms with van der Waals surface area (Å²) in [5.41, 5.74) is 1.14. The zero-order chi connectivity index (χ0) is 12.1. The van der Waals surface area contributed by atoms with E-state index in [1.165, 1.54) is 0 Å². The van der Waals surface area contributed by atoms with E-state index in [4.69, 9.17) is 16.3 Å². The van der Waals surface area contributed by atoms with Gasteiger partial charge in [0.25, 0.3) is 0 Å². The highest BCUT2D eigenvalue weighted by molar-refractivity contribution is 6.31. The van der Waals surface area contributed by atoms with Crippen molar-refractivity contribution >= 4 is 11.6 Å². The van der Waals surface area contributed by atoms with Crippen molar-refractivity contribution in [2.24, 2.45) is 0 Å². The molecule has 1 aliphatic heterocycles. The van der Waals surface area contributed by atoms with Crippen molar-refractivity contribution in [3.05, 3.63) is 34.9 Å². The Labute approximate surface area is 108 Å². The van der Waals surface area contributed by atoms with Gasteiger partial charge in [-0.05, 0) is 18.7 Å². The lowest BCUT2D eigenvalue weighted by Crippen LogP contribution is -2.44. The summed E-state index contributed by atoms with van der Waals surface area (Å²) in [7, 11) is 2.13. The zero-order valence-electron chi connectivity index (χ0n) is 10.2. The van der Waals surface area contributed by atoms with Gasteiger partial charge in [0, 0.05) is 31.2 Å². The van der Waals surface area contributed by atoms with Crippen LogP contribution in [0.3, 0.4) is 0 Å². The fourth-order valence-electron chi connectivity index (χ4n) is 2.00. The number of likely N-dealkylation sites (N-methyl/N-ethyl adjacent to an activating group) is 1. The lowest BCUT2D eigenvalue weighted by atomic mass is 10.2. The van der Waals surface area contributed by atoms with Crippen LogP contribution in [-0.2, 0) is 11.3 Å². The van der Waals surface area contributed by atoms with E-state index in [-0.39, 0.29) is 6.10 Å². The molecule has 1 aromatic rings. The summed E-state index contributed by atoms with van der Waals surface area (Å²) in [6.45, 7) is 4.52. The van der Waals surface area contributed by atoms with Crippen LogP contribution in [0, 0.1) is 0 Å². The number of morpholine rings is 1. The van der Waals surface area contributed by atoms with E-state index in [0.29, 0.717) is 0 Å². The van der Waals surface area contributed by atoms with Crippen LogP contribution >= 0.6 is 11.6 Å². The predicted octanol–water partition coefficient (Wildman–Crippen LogP) is 1.76. The van der Waals surface area contributed by atoms with Gasteiger partial charge in [-0.25, -0.2) is 0 Å². The van der Waals surface area contributed by atoms with Crippen LogP contribution in [0.4, 0.5) is 0 Å². The van der Waals surface area contributed by atoms with Gasteiger partial charge in [-0.3, -0.25) is 0 Å². The van der Waals surface area contributed by atoms with Crippen molar-refractivity contribution in [1.29, 1.82) is 0 Å². The zero-order valence-corrected chi connectivity index (χ0v) is 10.9. The second-order valence-electron chi connectivity index (χ2n) is 4.48. The standard InChI is InChI=1S/C13H19ClN2O/c1-16-6-7-17-12(10-16)9-15-8-11-4-2-3-5-13(11)14/h2-5,12,15H,6-10H2,1H3/t12-/m0/s1. The number of benzene rings is 1. The molecule has 0 aliphatic carbocycles. The molecule has 2 rings (SSSR count). The maximum Gasteiger partial charge on any atom is 0.0826 e. The Morgan fingerprint density at radius 2 is 2.29 bits per heavy atom. The van der Waals surface area contributed by atoms with Gasteiger partial charge in [0.1, 0.15) is 0 Å². The largest absolute Gasteiger partial charge is 0.374 e. The molecular formula is C13H19ClN2O. The number of nitrogens with one attached hydrogen (secondary N) is 1. The fourth-order valence-corrected chi connectivity index (χ4v) is 2.20. The molecule has 0 saturated carbocycles. The molecule has 0 aromatic heterocycles. The van der Waals surface area contributed by atoms with Crippen molar-refractivity contribution in [3.63, 3.8) is 0 Å². The average molecular weight is 255 g/mol. The van der Waals surface area contributed by atoms with Crippen molar-refractivity contribution in [3.8, 4) is 0 Å². The van der Waals surface area contributed by atoms with Crippen LogP contribution < -0.4 is 5.32 Å². The molecule has 1 aromatic carbocycles. The molecule has 1 N–H and O–H groups in total. The number of nitrogens with zero attached hydrogens (tertiary/aromatic N) is 1. The van der Waals surface area contributed by atoms with Crippen LogP contribution in [0.5, 0.6) is 0 Å². The van der Waals surface area contributed by atoms with Crippen LogP contribution in [0.25, 0.3) is 0 Å². The van der Waals surface area contributed by atoms with Gasteiger partial charge in [-0.2, -0.15) is 0 Å². The molecule has 1 heterocycles. The molecule has 0 radical (unpaired) electrons. The van der Waals surface area contributed by atoms with Gasteiger partial charge in [-0.15, -0.1) is 0 Å². The monoisotopic (exact) mass is 254 g/mol. The number of rotatable bonds is 4. The number of ether oxygens (including phenoxy) is 1. The molecule has 1 saturated heterocycles. The Hall–Kier alpha value is -0.610. The highest BCUT2D eigenvalue weighted by Crippen LogP contribution is 2.14. The maximum absolute atomic E-state index is 6.09. The molecule has 94 valence electrons. The van der Waals surface area contributed by atoms with Crippen LogP contribution in [0.2, 0.25) is 5.02 Å².